The molecule has 18 heavy (non-hydrogen) atoms. The standard InChI is InChI=1S/C11H15NO6/c1-3-11(15)4-7(10(14)18-2)8(6-12(16)17)9(13)5-11/h1,7-9,13,15H,4-6H2,2H3/t7-,8+,9-,11-/m1/s1. The summed E-state index contributed by atoms with van der Waals surface area (Å²) in [7, 11) is 1.14. The number of rotatable bonds is 3. The average Bonchev–Trinajstić information content (AvgIpc) is 2.31. The molecule has 0 heterocycles. The van der Waals surface area contributed by atoms with Crippen LogP contribution in [0.4, 0.5) is 0 Å². The van der Waals surface area contributed by atoms with Crippen LogP contribution in [-0.4, -0.2) is 46.5 Å². The minimum Gasteiger partial charge on any atom is -0.469 e. The molecule has 0 spiro atoms. The van der Waals surface area contributed by atoms with Crippen molar-refractivity contribution in [2.24, 2.45) is 11.8 Å². The van der Waals surface area contributed by atoms with Crippen LogP contribution < -0.4 is 0 Å². The third-order valence-electron chi connectivity index (χ3n) is 3.25. The minimum absolute atomic E-state index is 0.147. The van der Waals surface area contributed by atoms with Gasteiger partial charge in [0.15, 0.2) is 0 Å². The van der Waals surface area contributed by atoms with Gasteiger partial charge in [-0.1, -0.05) is 5.92 Å². The van der Waals surface area contributed by atoms with Crippen LogP contribution in [0.5, 0.6) is 0 Å². The van der Waals surface area contributed by atoms with Gasteiger partial charge in [-0.3, -0.25) is 14.9 Å². The van der Waals surface area contributed by atoms with Crippen LogP contribution in [-0.2, 0) is 9.53 Å². The highest BCUT2D eigenvalue weighted by molar-refractivity contribution is 5.73. The number of aliphatic hydroxyl groups excluding tert-OH is 1. The molecular weight excluding hydrogens is 242 g/mol. The molecule has 1 aliphatic rings. The first kappa shape index (κ1) is 14.4. The molecule has 0 unspecified atom stereocenters. The van der Waals surface area contributed by atoms with Crippen molar-refractivity contribution in [3.63, 3.8) is 0 Å². The Morgan fingerprint density at radius 2 is 2.28 bits per heavy atom. The molecule has 0 aromatic rings. The third-order valence-corrected chi connectivity index (χ3v) is 3.25. The number of hydrogen-bond donors (Lipinski definition) is 2. The van der Waals surface area contributed by atoms with Crippen LogP contribution >= 0.6 is 0 Å². The molecule has 1 saturated carbocycles. The lowest BCUT2D eigenvalue weighted by Gasteiger charge is -2.38. The second-order valence-corrected chi connectivity index (χ2v) is 4.46. The number of ether oxygens (including phenoxy) is 1. The van der Waals surface area contributed by atoms with Gasteiger partial charge in [-0.15, -0.1) is 6.42 Å². The lowest BCUT2D eigenvalue weighted by atomic mass is 9.70. The first-order valence-electron chi connectivity index (χ1n) is 5.41. The van der Waals surface area contributed by atoms with Gasteiger partial charge in [0.25, 0.3) is 0 Å². The smallest absolute Gasteiger partial charge is 0.309 e. The van der Waals surface area contributed by atoms with Crippen molar-refractivity contribution >= 4 is 5.97 Å². The number of esters is 1. The molecule has 0 radical (unpaired) electrons. The Balaban J connectivity index is 2.98. The fourth-order valence-electron chi connectivity index (χ4n) is 2.31. The Labute approximate surface area is 104 Å². The second-order valence-electron chi connectivity index (χ2n) is 4.46. The van der Waals surface area contributed by atoms with Crippen molar-refractivity contribution in [1.29, 1.82) is 0 Å². The molecular formula is C11H15NO6. The van der Waals surface area contributed by atoms with Gasteiger partial charge in [-0.05, 0) is 0 Å². The first-order valence-corrected chi connectivity index (χ1v) is 5.41. The molecule has 100 valence electrons. The zero-order valence-corrected chi connectivity index (χ0v) is 9.91. The molecule has 1 rings (SSSR count). The van der Waals surface area contributed by atoms with Crippen LogP contribution in [0.1, 0.15) is 12.8 Å². The Bertz CT molecular complexity index is 389. The summed E-state index contributed by atoms with van der Waals surface area (Å²) >= 11 is 0. The van der Waals surface area contributed by atoms with E-state index in [1.165, 1.54) is 0 Å². The highest BCUT2D eigenvalue weighted by atomic mass is 16.6. The van der Waals surface area contributed by atoms with Gasteiger partial charge in [-0.25, -0.2) is 0 Å². The van der Waals surface area contributed by atoms with E-state index < -0.39 is 41.0 Å². The number of terminal acetylenes is 1. The van der Waals surface area contributed by atoms with Crippen molar-refractivity contribution in [1.82, 2.24) is 0 Å². The quantitative estimate of drug-likeness (QED) is 0.296. The van der Waals surface area contributed by atoms with Crippen LogP contribution in [0.15, 0.2) is 0 Å². The largest absolute Gasteiger partial charge is 0.469 e. The van der Waals surface area contributed by atoms with Crippen molar-refractivity contribution in [3.8, 4) is 12.3 Å². The van der Waals surface area contributed by atoms with E-state index in [9.17, 15) is 25.1 Å². The van der Waals surface area contributed by atoms with E-state index in [4.69, 9.17) is 6.42 Å². The minimum atomic E-state index is -1.63. The molecule has 2 N–H and O–H groups in total. The molecule has 0 aliphatic heterocycles. The molecule has 0 aromatic heterocycles. The Hall–Kier alpha value is -1.65. The zero-order chi connectivity index (χ0) is 13.9. The number of nitrogens with zero attached hydrogens (tertiary/aromatic N) is 1. The van der Waals surface area contributed by atoms with Gasteiger partial charge in [0.05, 0.1) is 25.0 Å². The summed E-state index contributed by atoms with van der Waals surface area (Å²) in [6, 6.07) is 0. The molecule has 1 fully saturated rings. The predicted molar refractivity (Wildman–Crippen MR) is 59.9 cm³/mol. The van der Waals surface area contributed by atoms with Crippen LogP contribution in [0.3, 0.4) is 0 Å². The Kier molecular flexibility index (Phi) is 4.27. The number of carbonyl (C=O) groups is 1. The third kappa shape index (κ3) is 2.97. The molecule has 1 aliphatic carbocycles. The van der Waals surface area contributed by atoms with Gasteiger partial charge >= 0.3 is 5.97 Å². The maximum Gasteiger partial charge on any atom is 0.309 e. The van der Waals surface area contributed by atoms with Gasteiger partial charge < -0.3 is 14.9 Å². The van der Waals surface area contributed by atoms with Gasteiger partial charge in [-0.2, -0.15) is 0 Å². The molecule has 0 bridgehead atoms. The van der Waals surface area contributed by atoms with E-state index in [1.54, 1.807) is 0 Å². The van der Waals surface area contributed by atoms with Crippen molar-refractivity contribution in [2.45, 2.75) is 24.5 Å². The normalized spacial score (nSPS) is 35.6. The van der Waals surface area contributed by atoms with Crippen LogP contribution in [0.2, 0.25) is 0 Å². The topological polar surface area (TPSA) is 110 Å². The maximum absolute atomic E-state index is 11.6. The van der Waals surface area contributed by atoms with Crippen molar-refractivity contribution < 1.29 is 24.7 Å². The Morgan fingerprint density at radius 1 is 1.67 bits per heavy atom. The summed E-state index contributed by atoms with van der Waals surface area (Å²) in [6.45, 7) is -0.568. The summed E-state index contributed by atoms with van der Waals surface area (Å²) in [6.07, 6.45) is 3.61. The van der Waals surface area contributed by atoms with E-state index in [1.807, 2.05) is 0 Å². The van der Waals surface area contributed by atoms with Gasteiger partial charge in [0.2, 0.25) is 6.54 Å². The molecule has 0 saturated heterocycles. The average molecular weight is 257 g/mol. The monoisotopic (exact) mass is 257 g/mol. The summed E-state index contributed by atoms with van der Waals surface area (Å²) in [5.74, 6) is -0.485. The second kappa shape index (κ2) is 5.33. The number of carbonyl (C=O) groups excluding carboxylic acids is 1. The summed E-state index contributed by atoms with van der Waals surface area (Å²) in [5, 5.41) is 30.3. The summed E-state index contributed by atoms with van der Waals surface area (Å²) in [4.78, 5) is 21.5. The molecule has 4 atom stereocenters. The fourth-order valence-corrected chi connectivity index (χ4v) is 2.31. The lowest BCUT2D eigenvalue weighted by molar-refractivity contribution is -0.493. The maximum atomic E-state index is 11.6. The highest BCUT2D eigenvalue weighted by Crippen LogP contribution is 2.37. The van der Waals surface area contributed by atoms with E-state index in [0.717, 1.165) is 7.11 Å². The highest BCUT2D eigenvalue weighted by Gasteiger charge is 2.49. The zero-order valence-electron chi connectivity index (χ0n) is 9.91. The molecule has 0 aromatic carbocycles. The van der Waals surface area contributed by atoms with Crippen molar-refractivity contribution in [2.75, 3.05) is 13.7 Å². The van der Waals surface area contributed by atoms with Crippen LogP contribution in [0, 0.1) is 34.3 Å². The number of nitro groups is 1. The van der Waals surface area contributed by atoms with Crippen molar-refractivity contribution in [3.05, 3.63) is 10.1 Å². The fraction of sp³-hybridized carbons (Fsp3) is 0.727. The number of methoxy groups -OCH3 is 1. The number of hydrogen-bond acceptors (Lipinski definition) is 6. The molecule has 7 nitrogen and oxygen atoms in total. The predicted octanol–water partition coefficient (Wildman–Crippen LogP) is -0.812. The van der Waals surface area contributed by atoms with Gasteiger partial charge in [0.1, 0.15) is 5.60 Å². The molecule has 7 heteroatoms. The van der Waals surface area contributed by atoms with E-state index >= 15 is 0 Å². The summed E-state index contributed by atoms with van der Waals surface area (Å²) < 4.78 is 4.54. The van der Waals surface area contributed by atoms with E-state index in [0.29, 0.717) is 0 Å². The summed E-state index contributed by atoms with van der Waals surface area (Å²) in [5.41, 5.74) is -1.63. The molecule has 0 amide bonds. The SMILES string of the molecule is C#C[C@]1(O)C[C@@H](O)[C@@H](C[N+](=O)[O-])[C@H](C(=O)OC)C1. The first-order chi connectivity index (χ1) is 8.33. The lowest BCUT2D eigenvalue weighted by Crippen LogP contribution is -2.50. The Morgan fingerprint density at radius 3 is 2.72 bits per heavy atom. The van der Waals surface area contributed by atoms with Gasteiger partial charge in [0, 0.05) is 17.8 Å². The van der Waals surface area contributed by atoms with Crippen LogP contribution in [0.25, 0.3) is 0 Å². The van der Waals surface area contributed by atoms with E-state index in [2.05, 4.69) is 10.7 Å². The van der Waals surface area contributed by atoms with E-state index in [-0.39, 0.29) is 12.8 Å². The number of aliphatic hydroxyl groups is 2.